The monoisotopic (exact) mass is 316 g/mol. The standard InChI is InChI=1S/C16H17FN4S/c1-21(2)13-9-7-12(8-10-13)11-18-20-16(22)19-15-6-4-3-5-14(15)17/h3-11H,1-2H3,(H2,19,20,22)/b18-11+. The van der Waals surface area contributed by atoms with Crippen LogP contribution in [0.15, 0.2) is 53.6 Å². The van der Waals surface area contributed by atoms with Crippen molar-refractivity contribution < 1.29 is 4.39 Å². The van der Waals surface area contributed by atoms with E-state index >= 15 is 0 Å². The average molecular weight is 316 g/mol. The molecule has 0 unspecified atom stereocenters. The molecule has 0 radical (unpaired) electrons. The number of thiocarbonyl (C=S) groups is 1. The molecular formula is C16H17FN4S. The van der Waals surface area contributed by atoms with E-state index in [9.17, 15) is 4.39 Å². The number of benzene rings is 2. The molecule has 2 rings (SSSR count). The molecule has 4 nitrogen and oxygen atoms in total. The molecular weight excluding hydrogens is 299 g/mol. The van der Waals surface area contributed by atoms with Gasteiger partial charge in [0.2, 0.25) is 0 Å². The molecule has 6 heteroatoms. The summed E-state index contributed by atoms with van der Waals surface area (Å²) in [6.07, 6.45) is 1.65. The van der Waals surface area contributed by atoms with Crippen LogP contribution in [0, 0.1) is 5.82 Å². The van der Waals surface area contributed by atoms with Crippen molar-refractivity contribution in [3.63, 3.8) is 0 Å². The number of anilines is 2. The number of nitrogens with zero attached hydrogens (tertiary/aromatic N) is 2. The first-order valence-electron chi connectivity index (χ1n) is 6.68. The van der Waals surface area contributed by atoms with Crippen LogP contribution in [-0.2, 0) is 0 Å². The Balaban J connectivity index is 1.89. The largest absolute Gasteiger partial charge is 0.378 e. The van der Waals surface area contributed by atoms with Crippen LogP contribution in [0.4, 0.5) is 15.8 Å². The van der Waals surface area contributed by atoms with Gasteiger partial charge in [-0.15, -0.1) is 0 Å². The Kier molecular flexibility index (Phi) is 5.43. The Labute approximate surface area is 134 Å². The first-order chi connectivity index (χ1) is 10.6. The highest BCUT2D eigenvalue weighted by molar-refractivity contribution is 7.80. The topological polar surface area (TPSA) is 39.7 Å². The Morgan fingerprint density at radius 1 is 1.14 bits per heavy atom. The normalized spacial score (nSPS) is 10.5. The molecule has 114 valence electrons. The maximum atomic E-state index is 13.4. The van der Waals surface area contributed by atoms with Crippen molar-refractivity contribution in [2.75, 3.05) is 24.3 Å². The van der Waals surface area contributed by atoms with Crippen LogP contribution in [0.3, 0.4) is 0 Å². The average Bonchev–Trinajstić information content (AvgIpc) is 2.50. The predicted octanol–water partition coefficient (Wildman–Crippen LogP) is 3.21. The summed E-state index contributed by atoms with van der Waals surface area (Å²) < 4.78 is 13.4. The molecule has 0 aromatic heterocycles. The molecule has 0 fully saturated rings. The highest BCUT2D eigenvalue weighted by Gasteiger charge is 2.01. The number of para-hydroxylation sites is 1. The van der Waals surface area contributed by atoms with Gasteiger partial charge in [-0.25, -0.2) is 4.39 Å². The van der Waals surface area contributed by atoms with Crippen LogP contribution in [-0.4, -0.2) is 25.4 Å². The molecule has 2 aromatic carbocycles. The number of hydrogen-bond acceptors (Lipinski definition) is 3. The highest BCUT2D eigenvalue weighted by Crippen LogP contribution is 2.12. The first-order valence-corrected chi connectivity index (χ1v) is 7.09. The van der Waals surface area contributed by atoms with Crippen molar-refractivity contribution in [2.24, 2.45) is 5.10 Å². The third kappa shape index (κ3) is 4.53. The van der Waals surface area contributed by atoms with Gasteiger partial charge in [0.1, 0.15) is 5.82 Å². The molecule has 0 bridgehead atoms. The summed E-state index contributed by atoms with van der Waals surface area (Å²) in [5.41, 5.74) is 5.02. The Hall–Kier alpha value is -2.47. The molecule has 0 aliphatic rings. The van der Waals surface area contributed by atoms with Crippen LogP contribution < -0.4 is 15.6 Å². The van der Waals surface area contributed by atoms with Crippen LogP contribution in [0.2, 0.25) is 0 Å². The molecule has 0 saturated carbocycles. The van der Waals surface area contributed by atoms with Gasteiger partial charge in [-0.05, 0) is 42.0 Å². The minimum atomic E-state index is -0.366. The van der Waals surface area contributed by atoms with E-state index in [4.69, 9.17) is 12.2 Å². The molecule has 0 amide bonds. The van der Waals surface area contributed by atoms with Crippen molar-refractivity contribution in [1.29, 1.82) is 0 Å². The fourth-order valence-electron chi connectivity index (χ4n) is 1.74. The van der Waals surface area contributed by atoms with Gasteiger partial charge in [-0.2, -0.15) is 5.10 Å². The summed E-state index contributed by atoms with van der Waals surface area (Å²) in [5, 5.41) is 7.00. The van der Waals surface area contributed by atoms with Gasteiger partial charge in [0.05, 0.1) is 11.9 Å². The maximum Gasteiger partial charge on any atom is 0.191 e. The summed E-state index contributed by atoms with van der Waals surface area (Å²) in [5.74, 6) is -0.366. The van der Waals surface area contributed by atoms with Gasteiger partial charge < -0.3 is 10.2 Å². The summed E-state index contributed by atoms with van der Waals surface area (Å²) in [6, 6.07) is 14.2. The van der Waals surface area contributed by atoms with Crippen molar-refractivity contribution in [3.8, 4) is 0 Å². The lowest BCUT2D eigenvalue weighted by Gasteiger charge is -2.11. The third-order valence-corrected chi connectivity index (χ3v) is 3.10. The van der Waals surface area contributed by atoms with Crippen LogP contribution in [0.25, 0.3) is 0 Å². The number of rotatable bonds is 4. The van der Waals surface area contributed by atoms with Crippen LogP contribution in [0.5, 0.6) is 0 Å². The fraction of sp³-hybridized carbons (Fsp3) is 0.125. The van der Waals surface area contributed by atoms with Gasteiger partial charge in [0.15, 0.2) is 5.11 Å². The Morgan fingerprint density at radius 3 is 2.45 bits per heavy atom. The van der Waals surface area contributed by atoms with E-state index in [1.807, 2.05) is 43.3 Å². The molecule has 0 heterocycles. The zero-order chi connectivity index (χ0) is 15.9. The van der Waals surface area contributed by atoms with E-state index in [1.165, 1.54) is 6.07 Å². The van der Waals surface area contributed by atoms with E-state index < -0.39 is 0 Å². The summed E-state index contributed by atoms with van der Waals surface area (Å²) in [4.78, 5) is 2.02. The second kappa shape index (κ2) is 7.51. The summed E-state index contributed by atoms with van der Waals surface area (Å²) in [7, 11) is 3.97. The Bertz CT molecular complexity index is 668. The SMILES string of the molecule is CN(C)c1ccc(/C=N/NC(=S)Nc2ccccc2F)cc1. The minimum absolute atomic E-state index is 0.228. The van der Waals surface area contributed by atoms with Crippen molar-refractivity contribution in [1.82, 2.24) is 5.43 Å². The molecule has 0 saturated heterocycles. The lowest BCUT2D eigenvalue weighted by atomic mass is 10.2. The van der Waals surface area contributed by atoms with E-state index in [-0.39, 0.29) is 10.9 Å². The number of hydrogen-bond donors (Lipinski definition) is 2. The minimum Gasteiger partial charge on any atom is -0.378 e. The van der Waals surface area contributed by atoms with Gasteiger partial charge in [0, 0.05) is 19.8 Å². The van der Waals surface area contributed by atoms with E-state index in [1.54, 1.807) is 24.4 Å². The molecule has 2 aromatic rings. The van der Waals surface area contributed by atoms with E-state index in [0.717, 1.165) is 11.3 Å². The zero-order valence-corrected chi connectivity index (χ0v) is 13.2. The molecule has 0 atom stereocenters. The lowest BCUT2D eigenvalue weighted by Crippen LogP contribution is -2.24. The number of halogens is 1. The third-order valence-electron chi connectivity index (χ3n) is 2.91. The van der Waals surface area contributed by atoms with Gasteiger partial charge in [-0.3, -0.25) is 5.43 Å². The number of nitrogens with one attached hydrogen (secondary N) is 2. The first kappa shape index (κ1) is 15.9. The molecule has 0 aliphatic carbocycles. The van der Waals surface area contributed by atoms with Crippen LogP contribution >= 0.6 is 12.2 Å². The van der Waals surface area contributed by atoms with Gasteiger partial charge in [-0.1, -0.05) is 24.3 Å². The maximum absolute atomic E-state index is 13.4. The summed E-state index contributed by atoms with van der Waals surface area (Å²) >= 11 is 5.06. The molecule has 0 aliphatic heterocycles. The second-order valence-corrected chi connectivity index (χ2v) is 5.20. The molecule has 0 spiro atoms. The zero-order valence-electron chi connectivity index (χ0n) is 12.4. The molecule has 22 heavy (non-hydrogen) atoms. The Morgan fingerprint density at radius 2 is 1.82 bits per heavy atom. The fourth-order valence-corrected chi connectivity index (χ4v) is 1.90. The van der Waals surface area contributed by atoms with Crippen molar-refractivity contribution >= 4 is 34.9 Å². The van der Waals surface area contributed by atoms with Gasteiger partial charge >= 0.3 is 0 Å². The van der Waals surface area contributed by atoms with Crippen LogP contribution in [0.1, 0.15) is 5.56 Å². The highest BCUT2D eigenvalue weighted by atomic mass is 32.1. The lowest BCUT2D eigenvalue weighted by molar-refractivity contribution is 0.632. The molecule has 2 N–H and O–H groups in total. The van der Waals surface area contributed by atoms with E-state index in [2.05, 4.69) is 15.8 Å². The van der Waals surface area contributed by atoms with E-state index in [0.29, 0.717) is 5.69 Å². The quantitative estimate of drug-likeness (QED) is 0.516. The smallest absolute Gasteiger partial charge is 0.191 e. The number of hydrazone groups is 1. The second-order valence-electron chi connectivity index (χ2n) is 4.79. The van der Waals surface area contributed by atoms with Crippen molar-refractivity contribution in [2.45, 2.75) is 0 Å². The van der Waals surface area contributed by atoms with Gasteiger partial charge in [0.25, 0.3) is 0 Å². The predicted molar refractivity (Wildman–Crippen MR) is 94.1 cm³/mol. The summed E-state index contributed by atoms with van der Waals surface area (Å²) in [6.45, 7) is 0. The van der Waals surface area contributed by atoms with Crippen molar-refractivity contribution in [3.05, 3.63) is 59.9 Å².